The minimum absolute atomic E-state index is 0. The Kier molecular flexibility index (Phi) is 7.06. The molecule has 1 aliphatic carbocycles. The highest BCUT2D eigenvalue weighted by molar-refractivity contribution is 6.36. The minimum atomic E-state index is -0.911. The van der Waals surface area contributed by atoms with Crippen LogP contribution in [-0.4, -0.2) is 30.1 Å². The average Bonchev–Trinajstić information content (AvgIpc) is 3.17. The van der Waals surface area contributed by atoms with Crippen molar-refractivity contribution in [1.82, 2.24) is 10.6 Å². The van der Waals surface area contributed by atoms with E-state index in [2.05, 4.69) is 10.6 Å². The lowest BCUT2D eigenvalue weighted by Crippen LogP contribution is -2.37. The van der Waals surface area contributed by atoms with Crippen LogP contribution in [0.4, 0.5) is 0 Å². The van der Waals surface area contributed by atoms with E-state index in [9.17, 15) is 9.90 Å². The molecule has 112 valence electrons. The van der Waals surface area contributed by atoms with Crippen LogP contribution in [0.5, 0.6) is 0 Å². The molecule has 1 amide bonds. The van der Waals surface area contributed by atoms with Crippen LogP contribution in [0.3, 0.4) is 0 Å². The number of carbonyl (C=O) groups is 1. The number of rotatable bonds is 6. The maximum atomic E-state index is 11.5. The summed E-state index contributed by atoms with van der Waals surface area (Å²) >= 11 is 12.0. The third-order valence-corrected chi connectivity index (χ3v) is 3.61. The largest absolute Gasteiger partial charge is 0.386 e. The highest BCUT2D eigenvalue weighted by atomic mass is 35.5. The van der Waals surface area contributed by atoms with E-state index in [1.807, 2.05) is 0 Å². The van der Waals surface area contributed by atoms with Crippen LogP contribution in [0.2, 0.25) is 10.0 Å². The number of benzene rings is 1. The van der Waals surface area contributed by atoms with Crippen LogP contribution < -0.4 is 10.6 Å². The Morgan fingerprint density at radius 3 is 2.50 bits per heavy atom. The zero-order valence-corrected chi connectivity index (χ0v) is 13.1. The fraction of sp³-hybridized carbons (Fsp3) is 0.462. The van der Waals surface area contributed by atoms with Crippen molar-refractivity contribution in [2.24, 2.45) is 0 Å². The molecule has 1 atom stereocenters. The van der Waals surface area contributed by atoms with Gasteiger partial charge in [0.1, 0.15) is 0 Å². The number of aliphatic hydroxyl groups is 1. The molecule has 0 heterocycles. The van der Waals surface area contributed by atoms with Gasteiger partial charge in [-0.2, -0.15) is 0 Å². The Labute approximate surface area is 134 Å². The van der Waals surface area contributed by atoms with Gasteiger partial charge in [0.15, 0.2) is 0 Å². The molecule has 4 nitrogen and oxygen atoms in total. The van der Waals surface area contributed by atoms with Crippen molar-refractivity contribution in [3.8, 4) is 0 Å². The molecule has 20 heavy (non-hydrogen) atoms. The predicted molar refractivity (Wildman–Crippen MR) is 82.7 cm³/mol. The van der Waals surface area contributed by atoms with Crippen LogP contribution >= 0.6 is 35.6 Å². The third-order valence-electron chi connectivity index (χ3n) is 2.95. The van der Waals surface area contributed by atoms with Gasteiger partial charge in [-0.15, -0.1) is 12.4 Å². The molecule has 1 saturated carbocycles. The van der Waals surface area contributed by atoms with Crippen molar-refractivity contribution >= 4 is 41.5 Å². The van der Waals surface area contributed by atoms with E-state index in [1.54, 1.807) is 18.2 Å². The lowest BCUT2D eigenvalue weighted by Gasteiger charge is -2.15. The molecular weight excluding hydrogens is 323 g/mol. The maximum Gasteiger partial charge on any atom is 0.234 e. The first-order valence-electron chi connectivity index (χ1n) is 6.20. The number of amides is 1. The van der Waals surface area contributed by atoms with Crippen LogP contribution in [0.25, 0.3) is 0 Å². The van der Waals surface area contributed by atoms with Crippen molar-refractivity contribution in [3.63, 3.8) is 0 Å². The minimum Gasteiger partial charge on any atom is -0.386 e. The Morgan fingerprint density at radius 1 is 1.35 bits per heavy atom. The van der Waals surface area contributed by atoms with Crippen molar-refractivity contribution in [2.45, 2.75) is 25.0 Å². The van der Waals surface area contributed by atoms with Crippen molar-refractivity contribution in [3.05, 3.63) is 33.8 Å². The number of carbonyl (C=O) groups excluding carboxylic acids is 1. The summed E-state index contributed by atoms with van der Waals surface area (Å²) in [6.07, 6.45) is 1.35. The summed E-state index contributed by atoms with van der Waals surface area (Å²) in [4.78, 5) is 11.5. The molecule has 2 rings (SSSR count). The lowest BCUT2D eigenvalue weighted by molar-refractivity contribution is -0.120. The van der Waals surface area contributed by atoms with E-state index < -0.39 is 6.10 Å². The van der Waals surface area contributed by atoms with E-state index >= 15 is 0 Å². The molecule has 1 unspecified atom stereocenters. The van der Waals surface area contributed by atoms with E-state index in [1.165, 1.54) is 0 Å². The monoisotopic (exact) mass is 338 g/mol. The Hall–Kier alpha value is -0.520. The van der Waals surface area contributed by atoms with Gasteiger partial charge in [0.25, 0.3) is 0 Å². The molecular formula is C13H17Cl3N2O2. The smallest absolute Gasteiger partial charge is 0.234 e. The average molecular weight is 340 g/mol. The molecule has 0 spiro atoms. The summed E-state index contributed by atoms with van der Waals surface area (Å²) in [5.74, 6) is -0.144. The molecule has 1 aromatic carbocycles. The maximum absolute atomic E-state index is 11.5. The quantitative estimate of drug-likeness (QED) is 0.745. The number of nitrogens with one attached hydrogen (secondary N) is 2. The van der Waals surface area contributed by atoms with Crippen molar-refractivity contribution in [1.29, 1.82) is 0 Å². The Bertz CT molecular complexity index is 447. The summed E-state index contributed by atoms with van der Waals surface area (Å²) in [6.45, 7) is 0.363. The van der Waals surface area contributed by atoms with E-state index in [0.717, 1.165) is 12.8 Å². The van der Waals surface area contributed by atoms with Crippen molar-refractivity contribution < 1.29 is 9.90 Å². The highest BCUT2D eigenvalue weighted by Crippen LogP contribution is 2.29. The van der Waals surface area contributed by atoms with Crippen LogP contribution in [0.1, 0.15) is 24.5 Å². The molecule has 0 radical (unpaired) electrons. The SMILES string of the molecule is Cl.O=C(CNC1CC1)NCC(O)c1c(Cl)cccc1Cl. The van der Waals surface area contributed by atoms with E-state index in [-0.39, 0.29) is 31.4 Å². The summed E-state index contributed by atoms with van der Waals surface area (Å²) in [7, 11) is 0. The molecule has 0 aliphatic heterocycles. The zero-order valence-electron chi connectivity index (χ0n) is 10.7. The van der Waals surface area contributed by atoms with Gasteiger partial charge in [0.2, 0.25) is 5.91 Å². The first-order chi connectivity index (χ1) is 9.08. The number of hydrogen-bond donors (Lipinski definition) is 3. The topological polar surface area (TPSA) is 61.4 Å². The molecule has 0 bridgehead atoms. The molecule has 0 aromatic heterocycles. The molecule has 1 fully saturated rings. The molecule has 0 saturated heterocycles. The van der Waals surface area contributed by atoms with Crippen LogP contribution in [0.15, 0.2) is 18.2 Å². The number of aliphatic hydroxyl groups excluding tert-OH is 1. The second kappa shape index (κ2) is 8.05. The first kappa shape index (κ1) is 17.5. The summed E-state index contributed by atoms with van der Waals surface area (Å²) < 4.78 is 0. The molecule has 1 aromatic rings. The van der Waals surface area contributed by atoms with E-state index in [4.69, 9.17) is 23.2 Å². The van der Waals surface area contributed by atoms with E-state index in [0.29, 0.717) is 21.7 Å². The molecule has 1 aliphatic rings. The van der Waals surface area contributed by atoms with Gasteiger partial charge in [-0.1, -0.05) is 29.3 Å². The number of hydrogen-bond acceptors (Lipinski definition) is 3. The van der Waals surface area contributed by atoms with Gasteiger partial charge in [0, 0.05) is 28.2 Å². The second-order valence-electron chi connectivity index (χ2n) is 4.61. The van der Waals surface area contributed by atoms with Gasteiger partial charge < -0.3 is 15.7 Å². The summed E-state index contributed by atoms with van der Waals surface area (Å²) in [5.41, 5.74) is 0.446. The van der Waals surface area contributed by atoms with Crippen LogP contribution in [0, 0.1) is 0 Å². The summed E-state index contributed by atoms with van der Waals surface area (Å²) in [6, 6.07) is 5.50. The van der Waals surface area contributed by atoms with Crippen molar-refractivity contribution in [2.75, 3.05) is 13.1 Å². The lowest BCUT2D eigenvalue weighted by atomic mass is 10.1. The Balaban J connectivity index is 0.00000200. The normalized spacial score (nSPS) is 15.3. The van der Waals surface area contributed by atoms with Gasteiger partial charge >= 0.3 is 0 Å². The van der Waals surface area contributed by atoms with Gasteiger partial charge in [0.05, 0.1) is 12.6 Å². The zero-order chi connectivity index (χ0) is 13.8. The first-order valence-corrected chi connectivity index (χ1v) is 6.95. The fourth-order valence-electron chi connectivity index (χ4n) is 1.73. The molecule has 7 heteroatoms. The van der Waals surface area contributed by atoms with Gasteiger partial charge in [-0.25, -0.2) is 0 Å². The van der Waals surface area contributed by atoms with Crippen LogP contribution in [-0.2, 0) is 4.79 Å². The predicted octanol–water partition coefficient (Wildman–Crippen LogP) is 2.32. The van der Waals surface area contributed by atoms with Gasteiger partial charge in [-0.05, 0) is 25.0 Å². The fourth-order valence-corrected chi connectivity index (χ4v) is 2.38. The molecule has 3 N–H and O–H groups in total. The standard InChI is InChI=1S/C13H16Cl2N2O2.ClH/c14-9-2-1-3-10(15)13(9)11(18)6-17-12(19)7-16-8-4-5-8;/h1-3,8,11,16,18H,4-7H2,(H,17,19);1H. The number of halogens is 3. The summed E-state index contributed by atoms with van der Waals surface area (Å²) in [5, 5.41) is 16.6. The third kappa shape index (κ3) is 5.11. The van der Waals surface area contributed by atoms with Gasteiger partial charge in [-0.3, -0.25) is 4.79 Å². The highest BCUT2D eigenvalue weighted by Gasteiger charge is 2.21. The Morgan fingerprint density at radius 2 is 1.95 bits per heavy atom. The second-order valence-corrected chi connectivity index (χ2v) is 5.42.